The summed E-state index contributed by atoms with van der Waals surface area (Å²) >= 11 is 0. The van der Waals surface area contributed by atoms with E-state index in [9.17, 15) is 14.4 Å². The average Bonchev–Trinajstić information content (AvgIpc) is 3.04. The molecule has 0 bridgehead atoms. The van der Waals surface area contributed by atoms with Crippen molar-refractivity contribution in [1.29, 1.82) is 0 Å². The number of benzene rings is 2. The van der Waals surface area contributed by atoms with Gasteiger partial charge in [0.1, 0.15) is 13.2 Å². The van der Waals surface area contributed by atoms with Crippen LogP contribution in [0.5, 0.6) is 0 Å². The Hall–Kier alpha value is -3.35. The number of carbonyl (C=O) groups is 3. The van der Waals surface area contributed by atoms with E-state index in [2.05, 4.69) is 17.4 Å². The molecule has 0 aliphatic heterocycles. The molecule has 0 saturated carbocycles. The fourth-order valence-electron chi connectivity index (χ4n) is 3.62. The van der Waals surface area contributed by atoms with Gasteiger partial charge in [0, 0.05) is 25.4 Å². The SMILES string of the molecule is CCN(CC(=O)O)C(=O)CCNC(=O)OCC1c2ccccc2-c2ccccc21. The zero-order valence-corrected chi connectivity index (χ0v) is 16.3. The first-order valence-corrected chi connectivity index (χ1v) is 9.59. The van der Waals surface area contributed by atoms with Gasteiger partial charge in [-0.1, -0.05) is 48.5 Å². The van der Waals surface area contributed by atoms with E-state index in [1.807, 2.05) is 36.4 Å². The highest BCUT2D eigenvalue weighted by molar-refractivity contribution is 5.82. The minimum absolute atomic E-state index is 0.0192. The largest absolute Gasteiger partial charge is 0.480 e. The molecule has 0 aromatic heterocycles. The van der Waals surface area contributed by atoms with Crippen LogP contribution in [-0.4, -0.2) is 54.2 Å². The number of fused-ring (bicyclic) bond motifs is 3. The van der Waals surface area contributed by atoms with Crippen LogP contribution >= 0.6 is 0 Å². The van der Waals surface area contributed by atoms with Crippen LogP contribution in [0.15, 0.2) is 48.5 Å². The fraction of sp³-hybridized carbons (Fsp3) is 0.318. The van der Waals surface area contributed by atoms with Crippen LogP contribution in [0.2, 0.25) is 0 Å². The summed E-state index contributed by atoms with van der Waals surface area (Å²) in [7, 11) is 0. The van der Waals surface area contributed by atoms with Gasteiger partial charge < -0.3 is 20.1 Å². The third kappa shape index (κ3) is 4.74. The summed E-state index contributed by atoms with van der Waals surface area (Å²) in [5.41, 5.74) is 4.56. The number of hydrogen-bond acceptors (Lipinski definition) is 4. The second-order valence-electron chi connectivity index (χ2n) is 6.80. The van der Waals surface area contributed by atoms with Crippen molar-refractivity contribution in [2.75, 3.05) is 26.2 Å². The Morgan fingerprint density at radius 3 is 2.17 bits per heavy atom. The number of alkyl carbamates (subject to hydrolysis) is 1. The summed E-state index contributed by atoms with van der Waals surface area (Å²) in [6, 6.07) is 16.1. The van der Waals surface area contributed by atoms with E-state index in [1.165, 1.54) is 4.90 Å². The van der Waals surface area contributed by atoms with Gasteiger partial charge in [-0.3, -0.25) is 9.59 Å². The van der Waals surface area contributed by atoms with Crippen LogP contribution in [0, 0.1) is 0 Å². The average molecular weight is 396 g/mol. The monoisotopic (exact) mass is 396 g/mol. The summed E-state index contributed by atoms with van der Waals surface area (Å²) < 4.78 is 5.40. The quantitative estimate of drug-likeness (QED) is 0.715. The van der Waals surface area contributed by atoms with Gasteiger partial charge in [-0.05, 0) is 29.2 Å². The zero-order valence-electron chi connectivity index (χ0n) is 16.3. The molecule has 0 unspecified atom stereocenters. The first-order chi connectivity index (χ1) is 14.0. The molecule has 0 saturated heterocycles. The van der Waals surface area contributed by atoms with Crippen LogP contribution in [0.4, 0.5) is 4.79 Å². The van der Waals surface area contributed by atoms with Crippen LogP contribution < -0.4 is 5.32 Å². The van der Waals surface area contributed by atoms with Crippen LogP contribution in [0.25, 0.3) is 11.1 Å². The highest BCUT2D eigenvalue weighted by Crippen LogP contribution is 2.44. The normalized spacial score (nSPS) is 12.0. The third-order valence-electron chi connectivity index (χ3n) is 5.01. The number of aliphatic carboxylic acids is 1. The van der Waals surface area contributed by atoms with E-state index in [0.717, 1.165) is 22.3 Å². The van der Waals surface area contributed by atoms with Crippen LogP contribution in [0.1, 0.15) is 30.4 Å². The number of ether oxygens (including phenoxy) is 1. The highest BCUT2D eigenvalue weighted by atomic mass is 16.5. The van der Waals surface area contributed by atoms with Gasteiger partial charge in [-0.2, -0.15) is 0 Å². The van der Waals surface area contributed by atoms with Crippen LogP contribution in [0.3, 0.4) is 0 Å². The smallest absolute Gasteiger partial charge is 0.407 e. The number of carboxylic acid groups (broad SMARTS) is 1. The van der Waals surface area contributed by atoms with E-state index in [0.29, 0.717) is 6.54 Å². The Morgan fingerprint density at radius 1 is 1.03 bits per heavy atom. The summed E-state index contributed by atoms with van der Waals surface area (Å²) in [5.74, 6) is -1.42. The number of likely N-dealkylation sites (N-methyl/N-ethyl adjacent to an activating group) is 1. The van der Waals surface area contributed by atoms with Crippen molar-refractivity contribution >= 4 is 18.0 Å². The van der Waals surface area contributed by atoms with Crippen molar-refractivity contribution < 1.29 is 24.2 Å². The molecular formula is C22H24N2O5. The van der Waals surface area contributed by atoms with E-state index in [1.54, 1.807) is 6.92 Å². The maximum atomic E-state index is 12.1. The molecule has 3 rings (SSSR count). The van der Waals surface area contributed by atoms with Gasteiger partial charge in [-0.25, -0.2) is 4.79 Å². The number of carboxylic acids is 1. The third-order valence-corrected chi connectivity index (χ3v) is 5.01. The summed E-state index contributed by atoms with van der Waals surface area (Å²) in [5, 5.41) is 11.4. The molecule has 1 aliphatic carbocycles. The lowest BCUT2D eigenvalue weighted by Crippen LogP contribution is -2.37. The van der Waals surface area contributed by atoms with Gasteiger partial charge in [0.15, 0.2) is 0 Å². The second-order valence-corrected chi connectivity index (χ2v) is 6.80. The van der Waals surface area contributed by atoms with Crippen LogP contribution in [-0.2, 0) is 14.3 Å². The fourth-order valence-corrected chi connectivity index (χ4v) is 3.62. The molecule has 0 fully saturated rings. The first-order valence-electron chi connectivity index (χ1n) is 9.59. The molecule has 0 heterocycles. The van der Waals surface area contributed by atoms with E-state index >= 15 is 0 Å². The molecule has 0 atom stereocenters. The minimum atomic E-state index is -1.07. The standard InChI is InChI=1S/C22H24N2O5/c1-2-24(13-21(26)27)20(25)11-12-23-22(28)29-14-19-17-9-5-3-7-15(17)16-8-4-6-10-18(16)19/h3-10,19H,2,11-14H2,1H3,(H,23,28)(H,26,27). The van der Waals surface area contributed by atoms with E-state index in [4.69, 9.17) is 9.84 Å². The Labute approximate surface area is 169 Å². The lowest BCUT2D eigenvalue weighted by molar-refractivity contribution is -0.144. The molecule has 0 spiro atoms. The Bertz CT molecular complexity index is 866. The molecule has 2 aromatic rings. The molecule has 0 radical (unpaired) electrons. The van der Waals surface area contributed by atoms with Gasteiger partial charge >= 0.3 is 12.1 Å². The minimum Gasteiger partial charge on any atom is -0.480 e. The summed E-state index contributed by atoms with van der Waals surface area (Å²) in [6.45, 7) is 1.95. The highest BCUT2D eigenvalue weighted by Gasteiger charge is 2.29. The van der Waals surface area contributed by atoms with Crippen molar-refractivity contribution in [3.05, 3.63) is 59.7 Å². The number of carbonyl (C=O) groups excluding carboxylic acids is 2. The molecule has 2 aromatic carbocycles. The van der Waals surface area contributed by atoms with Gasteiger partial charge in [0.2, 0.25) is 5.91 Å². The predicted octanol–water partition coefficient (Wildman–Crippen LogP) is 2.85. The maximum Gasteiger partial charge on any atom is 0.407 e. The molecule has 7 heteroatoms. The topological polar surface area (TPSA) is 95.9 Å². The van der Waals surface area contributed by atoms with E-state index < -0.39 is 12.1 Å². The molecule has 1 aliphatic rings. The van der Waals surface area contributed by atoms with Gasteiger partial charge in [-0.15, -0.1) is 0 Å². The van der Waals surface area contributed by atoms with Crippen molar-refractivity contribution in [3.8, 4) is 11.1 Å². The number of nitrogens with one attached hydrogen (secondary N) is 1. The van der Waals surface area contributed by atoms with E-state index in [-0.39, 0.29) is 37.9 Å². The Kier molecular flexibility index (Phi) is 6.49. The lowest BCUT2D eigenvalue weighted by Gasteiger charge is -2.18. The lowest BCUT2D eigenvalue weighted by atomic mass is 9.98. The van der Waals surface area contributed by atoms with Gasteiger partial charge in [0.25, 0.3) is 0 Å². The van der Waals surface area contributed by atoms with Crippen molar-refractivity contribution in [1.82, 2.24) is 10.2 Å². The molecule has 2 amide bonds. The summed E-state index contributed by atoms with van der Waals surface area (Å²) in [4.78, 5) is 36.1. The van der Waals surface area contributed by atoms with Crippen molar-refractivity contribution in [2.45, 2.75) is 19.3 Å². The number of nitrogens with zero attached hydrogens (tertiary/aromatic N) is 1. The Morgan fingerprint density at radius 2 is 1.62 bits per heavy atom. The van der Waals surface area contributed by atoms with Gasteiger partial charge in [0.05, 0.1) is 0 Å². The molecule has 7 nitrogen and oxygen atoms in total. The van der Waals surface area contributed by atoms with Crippen molar-refractivity contribution in [2.24, 2.45) is 0 Å². The molecule has 29 heavy (non-hydrogen) atoms. The number of hydrogen-bond donors (Lipinski definition) is 2. The number of rotatable bonds is 8. The maximum absolute atomic E-state index is 12.1. The summed E-state index contributed by atoms with van der Waals surface area (Å²) in [6.07, 6.45) is -0.577. The predicted molar refractivity (Wildman–Crippen MR) is 108 cm³/mol. The molecular weight excluding hydrogens is 372 g/mol. The molecule has 152 valence electrons. The zero-order chi connectivity index (χ0) is 20.8. The molecule has 2 N–H and O–H groups in total. The van der Waals surface area contributed by atoms with Crippen molar-refractivity contribution in [3.63, 3.8) is 0 Å². The second kappa shape index (κ2) is 9.23. The number of amides is 2. The Balaban J connectivity index is 1.51. The first kappa shape index (κ1) is 20.4.